The summed E-state index contributed by atoms with van der Waals surface area (Å²) in [5, 5.41) is 11.7. The van der Waals surface area contributed by atoms with Gasteiger partial charge in [-0.3, -0.25) is 4.79 Å². The lowest BCUT2D eigenvalue weighted by Crippen LogP contribution is -2.23. The molecule has 0 aliphatic rings. The lowest BCUT2D eigenvalue weighted by Gasteiger charge is -2.11. The minimum Gasteiger partial charge on any atom is -0.491 e. The highest BCUT2D eigenvalue weighted by Crippen LogP contribution is 2.17. The molecule has 0 heterocycles. The van der Waals surface area contributed by atoms with Crippen LogP contribution < -0.4 is 10.1 Å². The van der Waals surface area contributed by atoms with Gasteiger partial charge in [0.1, 0.15) is 18.2 Å². The van der Waals surface area contributed by atoms with Crippen LogP contribution in [0.2, 0.25) is 0 Å². The van der Waals surface area contributed by atoms with Crippen molar-refractivity contribution in [3.05, 3.63) is 65.5 Å². The Labute approximate surface area is 134 Å². The average Bonchev–Trinajstić information content (AvgIpc) is 2.58. The van der Waals surface area contributed by atoms with Crippen molar-refractivity contribution in [1.29, 1.82) is 0 Å². The molecule has 2 aromatic rings. The monoisotopic (exact) mass is 317 g/mol. The number of aliphatic hydroxyl groups is 1. The molecule has 0 aliphatic heterocycles. The highest BCUT2D eigenvalue weighted by molar-refractivity contribution is 5.76. The Balaban J connectivity index is 1.81. The van der Waals surface area contributed by atoms with Gasteiger partial charge in [0.25, 0.3) is 0 Å². The molecular weight excluding hydrogens is 297 g/mol. The number of carbonyl (C=O) groups excluding carboxylic acids is 1. The minimum absolute atomic E-state index is 0.0572. The third-order valence-corrected chi connectivity index (χ3v) is 3.35. The van der Waals surface area contributed by atoms with Crippen molar-refractivity contribution >= 4 is 5.91 Å². The van der Waals surface area contributed by atoms with Crippen molar-refractivity contribution in [3.63, 3.8) is 0 Å². The first kappa shape index (κ1) is 17.0. The number of para-hydroxylation sites is 1. The number of benzene rings is 2. The van der Waals surface area contributed by atoms with Crippen molar-refractivity contribution < 1.29 is 19.0 Å². The fraction of sp³-hybridized carbons (Fsp3) is 0.278. The summed E-state index contributed by atoms with van der Waals surface area (Å²) in [5.41, 5.74) is 1.78. The Kier molecular flexibility index (Phi) is 6.56. The van der Waals surface area contributed by atoms with Crippen LogP contribution in [0.5, 0.6) is 5.75 Å². The molecule has 0 saturated carbocycles. The van der Waals surface area contributed by atoms with Crippen LogP contribution in [0.4, 0.5) is 4.39 Å². The zero-order valence-corrected chi connectivity index (χ0v) is 12.8. The van der Waals surface area contributed by atoms with Crippen molar-refractivity contribution in [2.75, 3.05) is 13.2 Å². The molecular formula is C18H20FNO3. The normalized spacial score (nSPS) is 10.3. The van der Waals surface area contributed by atoms with Crippen LogP contribution in [0.15, 0.2) is 48.5 Å². The van der Waals surface area contributed by atoms with E-state index in [4.69, 9.17) is 9.84 Å². The smallest absolute Gasteiger partial charge is 0.220 e. The van der Waals surface area contributed by atoms with Crippen molar-refractivity contribution in [3.8, 4) is 5.75 Å². The Morgan fingerprint density at radius 2 is 1.87 bits per heavy atom. The summed E-state index contributed by atoms with van der Waals surface area (Å²) in [6.45, 7) is 0.526. The van der Waals surface area contributed by atoms with Gasteiger partial charge in [-0.1, -0.05) is 30.3 Å². The maximum atomic E-state index is 12.8. The lowest BCUT2D eigenvalue weighted by atomic mass is 10.1. The Bertz CT molecular complexity index is 628. The van der Waals surface area contributed by atoms with Crippen LogP contribution >= 0.6 is 0 Å². The standard InChI is InChI=1S/C18H20FNO3/c19-16-8-5-14(6-9-16)7-10-18(22)20-13-15-3-1-2-4-17(15)23-12-11-21/h1-6,8-9,21H,7,10-13H2,(H,20,22). The number of ether oxygens (including phenoxy) is 1. The second kappa shape index (κ2) is 8.90. The summed E-state index contributed by atoms with van der Waals surface area (Å²) < 4.78 is 18.2. The third kappa shape index (κ3) is 5.71. The van der Waals surface area contributed by atoms with Crippen LogP contribution in [0, 0.1) is 5.82 Å². The van der Waals surface area contributed by atoms with Crippen LogP contribution in [-0.4, -0.2) is 24.2 Å². The van der Waals surface area contributed by atoms with E-state index in [1.54, 1.807) is 18.2 Å². The number of aliphatic hydroxyl groups excluding tert-OH is 1. The first-order valence-electron chi connectivity index (χ1n) is 7.52. The molecule has 2 rings (SSSR count). The molecule has 4 nitrogen and oxygen atoms in total. The van der Waals surface area contributed by atoms with Gasteiger partial charge in [-0.05, 0) is 30.2 Å². The summed E-state index contributed by atoms with van der Waals surface area (Å²) in [5.74, 6) is 0.296. The molecule has 0 radical (unpaired) electrons. The van der Waals surface area contributed by atoms with E-state index in [9.17, 15) is 9.18 Å². The fourth-order valence-corrected chi connectivity index (χ4v) is 2.14. The molecule has 0 aromatic heterocycles. The lowest BCUT2D eigenvalue weighted by molar-refractivity contribution is -0.121. The van der Waals surface area contributed by atoms with Crippen molar-refractivity contribution in [2.24, 2.45) is 0 Å². The molecule has 0 spiro atoms. The number of amides is 1. The molecule has 2 N–H and O–H groups in total. The van der Waals surface area contributed by atoms with Gasteiger partial charge in [0.15, 0.2) is 0 Å². The predicted octanol–water partition coefficient (Wildman–Crippen LogP) is 2.45. The molecule has 5 heteroatoms. The molecule has 0 aliphatic carbocycles. The number of nitrogens with one attached hydrogen (secondary N) is 1. The molecule has 0 fully saturated rings. The first-order chi connectivity index (χ1) is 11.2. The number of rotatable bonds is 8. The predicted molar refractivity (Wildman–Crippen MR) is 85.6 cm³/mol. The minimum atomic E-state index is -0.280. The van der Waals surface area contributed by atoms with Gasteiger partial charge in [0.2, 0.25) is 5.91 Å². The number of aryl methyl sites for hydroxylation is 1. The number of hydrogen-bond donors (Lipinski definition) is 2. The van der Waals surface area contributed by atoms with E-state index in [1.807, 2.05) is 18.2 Å². The number of halogens is 1. The maximum absolute atomic E-state index is 12.8. The zero-order valence-electron chi connectivity index (χ0n) is 12.8. The van der Waals surface area contributed by atoms with Gasteiger partial charge in [-0.2, -0.15) is 0 Å². The van der Waals surface area contributed by atoms with Crippen LogP contribution in [0.1, 0.15) is 17.5 Å². The van der Waals surface area contributed by atoms with Crippen LogP contribution in [0.3, 0.4) is 0 Å². The average molecular weight is 317 g/mol. The summed E-state index contributed by atoms with van der Waals surface area (Å²) in [7, 11) is 0. The Morgan fingerprint density at radius 3 is 2.61 bits per heavy atom. The van der Waals surface area contributed by atoms with E-state index in [1.165, 1.54) is 12.1 Å². The van der Waals surface area contributed by atoms with E-state index in [0.29, 0.717) is 25.1 Å². The van der Waals surface area contributed by atoms with Crippen molar-refractivity contribution in [2.45, 2.75) is 19.4 Å². The molecule has 0 saturated heterocycles. The SMILES string of the molecule is O=C(CCc1ccc(F)cc1)NCc1ccccc1OCCO. The third-order valence-electron chi connectivity index (χ3n) is 3.35. The van der Waals surface area contributed by atoms with E-state index >= 15 is 0 Å². The molecule has 23 heavy (non-hydrogen) atoms. The quantitative estimate of drug-likeness (QED) is 0.786. The largest absolute Gasteiger partial charge is 0.491 e. The van der Waals surface area contributed by atoms with Gasteiger partial charge in [0.05, 0.1) is 6.61 Å². The molecule has 122 valence electrons. The molecule has 0 bridgehead atoms. The summed E-state index contributed by atoms with van der Waals surface area (Å²) in [6.07, 6.45) is 0.903. The van der Waals surface area contributed by atoms with E-state index < -0.39 is 0 Å². The fourth-order valence-electron chi connectivity index (χ4n) is 2.14. The van der Waals surface area contributed by atoms with Crippen LogP contribution in [-0.2, 0) is 17.8 Å². The molecule has 0 atom stereocenters. The molecule has 2 aromatic carbocycles. The summed E-state index contributed by atoms with van der Waals surface area (Å²) >= 11 is 0. The topological polar surface area (TPSA) is 58.6 Å². The zero-order chi connectivity index (χ0) is 16.5. The van der Waals surface area contributed by atoms with Crippen molar-refractivity contribution in [1.82, 2.24) is 5.32 Å². The van der Waals surface area contributed by atoms with Gasteiger partial charge in [0, 0.05) is 18.5 Å². The second-order valence-electron chi connectivity index (χ2n) is 5.08. The second-order valence-corrected chi connectivity index (χ2v) is 5.08. The molecule has 1 amide bonds. The maximum Gasteiger partial charge on any atom is 0.220 e. The van der Waals surface area contributed by atoms with E-state index in [-0.39, 0.29) is 24.9 Å². The van der Waals surface area contributed by atoms with Gasteiger partial charge < -0.3 is 15.2 Å². The van der Waals surface area contributed by atoms with Gasteiger partial charge in [-0.15, -0.1) is 0 Å². The summed E-state index contributed by atoms with van der Waals surface area (Å²) in [4.78, 5) is 11.9. The van der Waals surface area contributed by atoms with Gasteiger partial charge >= 0.3 is 0 Å². The van der Waals surface area contributed by atoms with Crippen LogP contribution in [0.25, 0.3) is 0 Å². The molecule has 0 unspecified atom stereocenters. The number of hydrogen-bond acceptors (Lipinski definition) is 3. The Hall–Kier alpha value is -2.40. The van der Waals surface area contributed by atoms with E-state index in [2.05, 4.69) is 5.32 Å². The first-order valence-corrected chi connectivity index (χ1v) is 7.52. The summed E-state index contributed by atoms with van der Waals surface area (Å²) in [6, 6.07) is 13.5. The van der Waals surface area contributed by atoms with E-state index in [0.717, 1.165) is 11.1 Å². The Morgan fingerprint density at radius 1 is 1.13 bits per heavy atom. The highest BCUT2D eigenvalue weighted by atomic mass is 19.1. The number of carbonyl (C=O) groups is 1. The van der Waals surface area contributed by atoms with Gasteiger partial charge in [-0.25, -0.2) is 4.39 Å². The highest BCUT2D eigenvalue weighted by Gasteiger charge is 2.06.